The van der Waals surface area contributed by atoms with Crippen LogP contribution in [0.1, 0.15) is 11.1 Å². The molecule has 0 unspecified atom stereocenters. The van der Waals surface area contributed by atoms with Gasteiger partial charge in [-0.3, -0.25) is 0 Å². The highest BCUT2D eigenvalue weighted by Gasteiger charge is 2.37. The lowest BCUT2D eigenvalue weighted by Gasteiger charge is -2.13. The Balaban J connectivity index is 2.45. The van der Waals surface area contributed by atoms with Crippen molar-refractivity contribution in [1.82, 2.24) is 4.98 Å². The summed E-state index contributed by atoms with van der Waals surface area (Å²) < 4.78 is 81.1. The highest BCUT2D eigenvalue weighted by atomic mass is 79.9. The zero-order chi connectivity index (χ0) is 15.8. The minimum atomic E-state index is -4.91. The molecular formula is C11H4BrF6NOS. The third kappa shape index (κ3) is 4.10. The SMILES string of the molecule is FC(F)(F)c1cc(Oc2nc(Br)cs2)cc(C(F)(F)F)c1. The van der Waals surface area contributed by atoms with Crippen molar-refractivity contribution in [2.45, 2.75) is 12.4 Å². The fourth-order valence-corrected chi connectivity index (χ4v) is 2.48. The number of alkyl halides is 6. The van der Waals surface area contributed by atoms with Crippen molar-refractivity contribution in [3.63, 3.8) is 0 Å². The molecule has 2 nitrogen and oxygen atoms in total. The molecule has 2 aromatic rings. The molecule has 0 aliphatic rings. The molecular weight excluding hydrogens is 388 g/mol. The molecule has 0 aliphatic carbocycles. The van der Waals surface area contributed by atoms with Gasteiger partial charge in [-0.25, -0.2) is 0 Å². The van der Waals surface area contributed by atoms with Crippen molar-refractivity contribution in [3.8, 4) is 10.9 Å². The van der Waals surface area contributed by atoms with Gasteiger partial charge in [-0.1, -0.05) is 11.3 Å². The molecule has 0 spiro atoms. The molecule has 1 heterocycles. The first-order valence-electron chi connectivity index (χ1n) is 5.14. The van der Waals surface area contributed by atoms with E-state index in [1.165, 1.54) is 5.38 Å². The maximum Gasteiger partial charge on any atom is 0.416 e. The van der Waals surface area contributed by atoms with E-state index in [2.05, 4.69) is 20.9 Å². The smallest absolute Gasteiger partial charge is 0.416 e. The van der Waals surface area contributed by atoms with E-state index in [-0.39, 0.29) is 11.3 Å². The molecule has 0 aliphatic heterocycles. The van der Waals surface area contributed by atoms with E-state index in [0.29, 0.717) is 16.7 Å². The highest BCUT2D eigenvalue weighted by molar-refractivity contribution is 9.10. The third-order valence-corrected chi connectivity index (χ3v) is 3.65. The second kappa shape index (κ2) is 5.48. The van der Waals surface area contributed by atoms with Crippen LogP contribution in [-0.4, -0.2) is 4.98 Å². The normalized spacial score (nSPS) is 12.5. The molecule has 0 amide bonds. The fraction of sp³-hybridized carbons (Fsp3) is 0.182. The molecule has 1 aromatic heterocycles. The summed E-state index contributed by atoms with van der Waals surface area (Å²) >= 11 is 3.93. The summed E-state index contributed by atoms with van der Waals surface area (Å²) in [6.07, 6.45) is -9.83. The van der Waals surface area contributed by atoms with Crippen molar-refractivity contribution in [1.29, 1.82) is 0 Å². The first kappa shape index (κ1) is 16.1. The van der Waals surface area contributed by atoms with Crippen molar-refractivity contribution in [2.75, 3.05) is 0 Å². The van der Waals surface area contributed by atoms with Gasteiger partial charge in [0.1, 0.15) is 10.4 Å². The summed E-state index contributed by atoms with van der Waals surface area (Å²) in [7, 11) is 0. The molecule has 0 saturated carbocycles. The minimum absolute atomic E-state index is 0.0324. The van der Waals surface area contributed by atoms with E-state index in [1.54, 1.807) is 0 Å². The Morgan fingerprint density at radius 2 is 1.48 bits per heavy atom. The predicted octanol–water partition coefficient (Wildman–Crippen LogP) is 5.74. The topological polar surface area (TPSA) is 22.1 Å². The van der Waals surface area contributed by atoms with E-state index >= 15 is 0 Å². The van der Waals surface area contributed by atoms with Gasteiger partial charge < -0.3 is 4.74 Å². The molecule has 0 bridgehead atoms. The number of hydrogen-bond acceptors (Lipinski definition) is 3. The van der Waals surface area contributed by atoms with Gasteiger partial charge in [0.15, 0.2) is 0 Å². The summed E-state index contributed by atoms with van der Waals surface area (Å²) in [4.78, 5) is 3.74. The Labute approximate surface area is 126 Å². The van der Waals surface area contributed by atoms with Gasteiger partial charge in [0, 0.05) is 5.38 Å². The number of ether oxygens (including phenoxy) is 1. The molecule has 0 radical (unpaired) electrons. The second-order valence-electron chi connectivity index (χ2n) is 3.78. The average molecular weight is 392 g/mol. The lowest BCUT2D eigenvalue weighted by atomic mass is 10.1. The number of rotatable bonds is 2. The van der Waals surface area contributed by atoms with Crippen LogP contribution in [-0.2, 0) is 12.4 Å². The molecule has 10 heteroatoms. The number of thiazole rings is 1. The van der Waals surface area contributed by atoms with E-state index in [0.717, 1.165) is 11.3 Å². The van der Waals surface area contributed by atoms with Crippen molar-refractivity contribution < 1.29 is 31.1 Å². The lowest BCUT2D eigenvalue weighted by Crippen LogP contribution is -2.11. The first-order valence-corrected chi connectivity index (χ1v) is 6.81. The third-order valence-electron chi connectivity index (χ3n) is 2.22. The van der Waals surface area contributed by atoms with Crippen LogP contribution in [0.2, 0.25) is 0 Å². The van der Waals surface area contributed by atoms with Gasteiger partial charge in [0.25, 0.3) is 5.19 Å². The molecule has 114 valence electrons. The van der Waals surface area contributed by atoms with Crippen LogP contribution in [0.15, 0.2) is 28.2 Å². The van der Waals surface area contributed by atoms with Gasteiger partial charge in [-0.15, -0.1) is 0 Å². The number of hydrogen-bond donors (Lipinski definition) is 0. The molecule has 2 rings (SSSR count). The van der Waals surface area contributed by atoms with E-state index in [1.807, 2.05) is 0 Å². The zero-order valence-corrected chi connectivity index (χ0v) is 12.1. The average Bonchev–Trinajstić information content (AvgIpc) is 2.72. The van der Waals surface area contributed by atoms with Crippen molar-refractivity contribution >= 4 is 27.3 Å². The summed E-state index contributed by atoms with van der Waals surface area (Å²) in [5, 5.41) is 1.41. The van der Waals surface area contributed by atoms with Crippen molar-refractivity contribution in [3.05, 3.63) is 39.3 Å². The standard InChI is InChI=1S/C11H4BrF6NOS/c12-8-4-21-9(19-8)20-7-2-5(10(13,14)15)1-6(3-7)11(16,17)18/h1-4H. The fourth-order valence-electron chi connectivity index (χ4n) is 1.37. The van der Waals surface area contributed by atoms with E-state index in [9.17, 15) is 26.3 Å². The molecule has 0 fully saturated rings. The number of halogens is 7. The first-order chi connectivity index (χ1) is 9.55. The van der Waals surface area contributed by atoms with Crippen molar-refractivity contribution in [2.24, 2.45) is 0 Å². The van der Waals surface area contributed by atoms with Gasteiger partial charge >= 0.3 is 12.4 Å². The van der Waals surface area contributed by atoms with Crippen LogP contribution in [0, 0.1) is 0 Å². The Bertz CT molecular complexity index is 619. The Morgan fingerprint density at radius 3 is 1.86 bits per heavy atom. The van der Waals surface area contributed by atoms with Crippen LogP contribution in [0.5, 0.6) is 10.9 Å². The largest absolute Gasteiger partial charge is 0.431 e. The van der Waals surface area contributed by atoms with E-state index < -0.39 is 29.2 Å². The second-order valence-corrected chi connectivity index (χ2v) is 5.41. The maximum atomic E-state index is 12.6. The number of aromatic nitrogens is 1. The number of nitrogens with zero attached hydrogens (tertiary/aromatic N) is 1. The molecule has 0 saturated heterocycles. The Hall–Kier alpha value is -1.29. The maximum absolute atomic E-state index is 12.6. The predicted molar refractivity (Wildman–Crippen MR) is 66.3 cm³/mol. The van der Waals surface area contributed by atoms with Crippen LogP contribution in [0.4, 0.5) is 26.3 Å². The van der Waals surface area contributed by atoms with Gasteiger partial charge in [0.05, 0.1) is 11.1 Å². The summed E-state index contributed by atoms with van der Waals surface area (Å²) in [5.74, 6) is -0.584. The summed E-state index contributed by atoms with van der Waals surface area (Å²) in [5.41, 5.74) is -2.88. The Morgan fingerprint density at radius 1 is 0.952 bits per heavy atom. The van der Waals surface area contributed by atoms with Crippen LogP contribution >= 0.6 is 27.3 Å². The minimum Gasteiger partial charge on any atom is -0.431 e. The highest BCUT2D eigenvalue weighted by Crippen LogP contribution is 2.39. The summed E-state index contributed by atoms with van der Waals surface area (Å²) in [6, 6.07) is 1.01. The molecule has 21 heavy (non-hydrogen) atoms. The molecule has 0 atom stereocenters. The summed E-state index contributed by atoms with van der Waals surface area (Å²) in [6.45, 7) is 0. The van der Waals surface area contributed by atoms with Gasteiger partial charge in [-0.2, -0.15) is 31.3 Å². The van der Waals surface area contributed by atoms with Gasteiger partial charge in [0.2, 0.25) is 0 Å². The van der Waals surface area contributed by atoms with E-state index in [4.69, 9.17) is 4.74 Å². The van der Waals surface area contributed by atoms with Gasteiger partial charge in [-0.05, 0) is 34.1 Å². The number of benzene rings is 1. The van der Waals surface area contributed by atoms with Crippen LogP contribution in [0.25, 0.3) is 0 Å². The van der Waals surface area contributed by atoms with Crippen LogP contribution < -0.4 is 4.74 Å². The van der Waals surface area contributed by atoms with Crippen LogP contribution in [0.3, 0.4) is 0 Å². The zero-order valence-electron chi connectivity index (χ0n) is 9.72. The molecule has 1 aromatic carbocycles. The lowest BCUT2D eigenvalue weighted by molar-refractivity contribution is -0.143. The Kier molecular flexibility index (Phi) is 4.20. The quantitative estimate of drug-likeness (QED) is 0.609. The molecule has 0 N–H and O–H groups in total. The monoisotopic (exact) mass is 391 g/mol.